The zero-order valence-electron chi connectivity index (χ0n) is 11.4. The second-order valence-corrected chi connectivity index (χ2v) is 4.64. The largest absolute Gasteiger partial charge is 0.305 e. The fourth-order valence-electron chi connectivity index (χ4n) is 2.13. The Morgan fingerprint density at radius 2 is 2.11 bits per heavy atom. The molecule has 19 heavy (non-hydrogen) atoms. The van der Waals surface area contributed by atoms with Crippen LogP contribution in [0.5, 0.6) is 0 Å². The lowest BCUT2D eigenvalue weighted by Crippen LogP contribution is -2.24. The molecule has 1 unspecified atom stereocenters. The van der Waals surface area contributed by atoms with Crippen molar-refractivity contribution in [1.29, 1.82) is 0 Å². The molecular formula is C16H19FN2. The van der Waals surface area contributed by atoms with Crippen LogP contribution in [-0.4, -0.2) is 11.5 Å². The van der Waals surface area contributed by atoms with Crippen molar-refractivity contribution in [2.75, 3.05) is 6.54 Å². The van der Waals surface area contributed by atoms with Gasteiger partial charge in [-0.05, 0) is 55.3 Å². The summed E-state index contributed by atoms with van der Waals surface area (Å²) in [6, 6.07) is 10.7. The predicted octanol–water partition coefficient (Wildman–Crippen LogP) is 3.62. The second kappa shape index (κ2) is 6.43. The zero-order chi connectivity index (χ0) is 13.7. The number of rotatable bonds is 5. The highest BCUT2D eigenvalue weighted by molar-refractivity contribution is 5.34. The number of halogens is 1. The van der Waals surface area contributed by atoms with Gasteiger partial charge in [-0.25, -0.2) is 4.39 Å². The molecule has 2 nitrogen and oxygen atoms in total. The molecule has 0 saturated heterocycles. The Morgan fingerprint density at radius 3 is 2.79 bits per heavy atom. The number of benzene rings is 1. The van der Waals surface area contributed by atoms with Crippen LogP contribution in [-0.2, 0) is 0 Å². The topological polar surface area (TPSA) is 24.9 Å². The number of pyridine rings is 1. The van der Waals surface area contributed by atoms with E-state index in [9.17, 15) is 4.39 Å². The smallest absolute Gasteiger partial charge is 0.123 e. The summed E-state index contributed by atoms with van der Waals surface area (Å²) in [7, 11) is 0. The molecule has 0 aliphatic carbocycles. The van der Waals surface area contributed by atoms with E-state index in [0.717, 1.165) is 29.8 Å². The SMILES string of the molecule is CCCNC(c1ccccn1)c1cc(F)ccc1C. The van der Waals surface area contributed by atoms with Gasteiger partial charge in [-0.1, -0.05) is 19.1 Å². The molecule has 0 saturated carbocycles. The Hall–Kier alpha value is -1.74. The van der Waals surface area contributed by atoms with Crippen molar-refractivity contribution in [1.82, 2.24) is 10.3 Å². The van der Waals surface area contributed by atoms with Crippen molar-refractivity contribution < 1.29 is 4.39 Å². The lowest BCUT2D eigenvalue weighted by molar-refractivity contribution is 0.573. The Bertz CT molecular complexity index is 526. The summed E-state index contributed by atoms with van der Waals surface area (Å²) in [4.78, 5) is 4.39. The van der Waals surface area contributed by atoms with Gasteiger partial charge in [0.1, 0.15) is 5.82 Å². The van der Waals surface area contributed by atoms with Crippen molar-refractivity contribution in [3.63, 3.8) is 0 Å². The fraction of sp³-hybridized carbons (Fsp3) is 0.312. The van der Waals surface area contributed by atoms with Crippen LogP contribution < -0.4 is 5.32 Å². The minimum Gasteiger partial charge on any atom is -0.305 e. The van der Waals surface area contributed by atoms with Gasteiger partial charge in [0.05, 0.1) is 11.7 Å². The first-order chi connectivity index (χ1) is 9.22. The number of nitrogens with one attached hydrogen (secondary N) is 1. The summed E-state index contributed by atoms with van der Waals surface area (Å²) < 4.78 is 13.5. The Labute approximate surface area is 113 Å². The number of hydrogen-bond acceptors (Lipinski definition) is 2. The summed E-state index contributed by atoms with van der Waals surface area (Å²) in [6.07, 6.45) is 2.79. The summed E-state index contributed by atoms with van der Waals surface area (Å²) in [5.41, 5.74) is 2.94. The van der Waals surface area contributed by atoms with Crippen molar-refractivity contribution in [2.45, 2.75) is 26.3 Å². The average Bonchev–Trinajstić information content (AvgIpc) is 2.44. The summed E-state index contributed by atoms with van der Waals surface area (Å²) in [6.45, 7) is 4.98. The molecule has 1 aromatic carbocycles. The summed E-state index contributed by atoms with van der Waals surface area (Å²) in [5, 5.41) is 3.44. The second-order valence-electron chi connectivity index (χ2n) is 4.64. The number of aromatic nitrogens is 1. The van der Waals surface area contributed by atoms with E-state index in [1.54, 1.807) is 12.3 Å². The van der Waals surface area contributed by atoms with Crippen LogP contribution in [0.2, 0.25) is 0 Å². The highest BCUT2D eigenvalue weighted by Gasteiger charge is 2.17. The van der Waals surface area contributed by atoms with Crippen LogP contribution in [0.1, 0.15) is 36.2 Å². The van der Waals surface area contributed by atoms with Gasteiger partial charge in [-0.3, -0.25) is 4.98 Å². The Kier molecular flexibility index (Phi) is 4.63. The van der Waals surface area contributed by atoms with Crippen molar-refractivity contribution in [3.8, 4) is 0 Å². The monoisotopic (exact) mass is 258 g/mol. The molecule has 1 N–H and O–H groups in total. The van der Waals surface area contributed by atoms with E-state index in [0.29, 0.717) is 0 Å². The molecule has 0 spiro atoms. The third-order valence-corrected chi connectivity index (χ3v) is 3.13. The zero-order valence-corrected chi connectivity index (χ0v) is 11.4. The molecule has 2 aromatic rings. The fourth-order valence-corrected chi connectivity index (χ4v) is 2.13. The first-order valence-electron chi connectivity index (χ1n) is 6.62. The maximum absolute atomic E-state index is 13.5. The van der Waals surface area contributed by atoms with Gasteiger partial charge in [0.15, 0.2) is 0 Å². The molecule has 0 fully saturated rings. The molecule has 1 heterocycles. The lowest BCUT2D eigenvalue weighted by Gasteiger charge is -2.20. The van der Waals surface area contributed by atoms with E-state index in [-0.39, 0.29) is 11.9 Å². The van der Waals surface area contributed by atoms with Gasteiger partial charge in [0, 0.05) is 6.20 Å². The van der Waals surface area contributed by atoms with Gasteiger partial charge < -0.3 is 5.32 Å². The quantitative estimate of drug-likeness (QED) is 0.886. The molecule has 0 radical (unpaired) electrons. The molecule has 1 atom stereocenters. The highest BCUT2D eigenvalue weighted by atomic mass is 19.1. The minimum atomic E-state index is -0.208. The number of aryl methyl sites for hydroxylation is 1. The molecule has 0 aliphatic rings. The van der Waals surface area contributed by atoms with Crippen molar-refractivity contribution in [3.05, 3.63) is 65.2 Å². The maximum atomic E-state index is 13.5. The van der Waals surface area contributed by atoms with E-state index < -0.39 is 0 Å². The predicted molar refractivity (Wildman–Crippen MR) is 75.5 cm³/mol. The molecular weight excluding hydrogens is 239 g/mol. The van der Waals surface area contributed by atoms with Gasteiger partial charge in [-0.2, -0.15) is 0 Å². The molecule has 0 bridgehead atoms. The Balaban J connectivity index is 2.40. The lowest BCUT2D eigenvalue weighted by atomic mass is 9.98. The molecule has 100 valence electrons. The first kappa shape index (κ1) is 13.7. The van der Waals surface area contributed by atoms with E-state index in [4.69, 9.17) is 0 Å². The van der Waals surface area contributed by atoms with Gasteiger partial charge in [0.25, 0.3) is 0 Å². The molecule has 3 heteroatoms. The van der Waals surface area contributed by atoms with Crippen LogP contribution in [0.4, 0.5) is 4.39 Å². The molecule has 0 aliphatic heterocycles. The molecule has 2 rings (SSSR count). The number of nitrogens with zero attached hydrogens (tertiary/aromatic N) is 1. The highest BCUT2D eigenvalue weighted by Crippen LogP contribution is 2.24. The van der Waals surface area contributed by atoms with Crippen LogP contribution in [0, 0.1) is 12.7 Å². The standard InChI is InChI=1S/C16H19FN2/c1-3-9-19-16(15-6-4-5-10-18-15)14-11-13(17)8-7-12(14)2/h4-8,10-11,16,19H,3,9H2,1-2H3. The number of hydrogen-bond donors (Lipinski definition) is 1. The Morgan fingerprint density at radius 1 is 1.26 bits per heavy atom. The molecule has 1 aromatic heterocycles. The first-order valence-corrected chi connectivity index (χ1v) is 6.62. The van der Waals surface area contributed by atoms with E-state index in [2.05, 4.69) is 17.2 Å². The average molecular weight is 258 g/mol. The van der Waals surface area contributed by atoms with Gasteiger partial charge in [0.2, 0.25) is 0 Å². The summed E-state index contributed by atoms with van der Waals surface area (Å²) >= 11 is 0. The van der Waals surface area contributed by atoms with Crippen molar-refractivity contribution in [2.24, 2.45) is 0 Å². The van der Waals surface area contributed by atoms with Crippen LogP contribution >= 0.6 is 0 Å². The van der Waals surface area contributed by atoms with E-state index in [1.165, 1.54) is 6.07 Å². The van der Waals surface area contributed by atoms with Gasteiger partial charge >= 0.3 is 0 Å². The maximum Gasteiger partial charge on any atom is 0.123 e. The van der Waals surface area contributed by atoms with Crippen LogP contribution in [0.3, 0.4) is 0 Å². The third-order valence-electron chi connectivity index (χ3n) is 3.13. The summed E-state index contributed by atoms with van der Waals surface area (Å²) in [5.74, 6) is -0.208. The van der Waals surface area contributed by atoms with Crippen molar-refractivity contribution >= 4 is 0 Å². The van der Waals surface area contributed by atoms with Crippen LogP contribution in [0.15, 0.2) is 42.6 Å². The van der Waals surface area contributed by atoms with Gasteiger partial charge in [-0.15, -0.1) is 0 Å². The normalized spacial score (nSPS) is 12.4. The van der Waals surface area contributed by atoms with E-state index in [1.807, 2.05) is 31.2 Å². The third kappa shape index (κ3) is 3.38. The van der Waals surface area contributed by atoms with Crippen LogP contribution in [0.25, 0.3) is 0 Å². The molecule has 0 amide bonds. The minimum absolute atomic E-state index is 0.0585. The van der Waals surface area contributed by atoms with E-state index >= 15 is 0 Å².